The van der Waals surface area contributed by atoms with Crippen molar-refractivity contribution in [3.8, 4) is 0 Å². The van der Waals surface area contributed by atoms with E-state index >= 15 is 0 Å². The molecule has 0 unspecified atom stereocenters. The highest BCUT2D eigenvalue weighted by Crippen LogP contribution is 2.36. The average Bonchev–Trinajstić information content (AvgIpc) is 2.63. The van der Waals surface area contributed by atoms with Crippen LogP contribution in [0, 0.1) is 5.92 Å². The summed E-state index contributed by atoms with van der Waals surface area (Å²) in [6.45, 7) is 6.97. The fraction of sp³-hybridized carbons (Fsp3) is 0.600. The van der Waals surface area contributed by atoms with Gasteiger partial charge in [0.05, 0.1) is 0 Å². The molecule has 0 aliphatic heterocycles. The molecule has 1 aliphatic carbocycles. The predicted molar refractivity (Wildman–Crippen MR) is 69.8 cm³/mol. The number of nitrogens with one attached hydrogen (secondary N) is 1. The summed E-state index contributed by atoms with van der Waals surface area (Å²) in [7, 11) is 0. The molecule has 0 fully saturated rings. The summed E-state index contributed by atoms with van der Waals surface area (Å²) >= 11 is 0. The van der Waals surface area contributed by atoms with E-state index < -0.39 is 0 Å². The molecule has 0 saturated heterocycles. The van der Waals surface area contributed by atoms with Crippen molar-refractivity contribution < 1.29 is 0 Å². The van der Waals surface area contributed by atoms with Gasteiger partial charge in [-0.05, 0) is 48.9 Å². The lowest BCUT2D eigenvalue weighted by atomic mass is 9.94. The lowest BCUT2D eigenvalue weighted by Gasteiger charge is -2.16. The van der Waals surface area contributed by atoms with Crippen molar-refractivity contribution in [3.05, 3.63) is 35.4 Å². The molecule has 0 bridgehead atoms. The standard InChI is InChI=1S/C15H23N/c1-3-4-9-16-11-14-10-13-7-5-6-8-15(13)12(14)2/h5-8,12,14,16H,3-4,9-11H2,1-2H3/t12-,14-/m0/s1. The van der Waals surface area contributed by atoms with Crippen molar-refractivity contribution in [1.82, 2.24) is 5.32 Å². The van der Waals surface area contributed by atoms with Crippen LogP contribution in [0.1, 0.15) is 43.7 Å². The van der Waals surface area contributed by atoms with E-state index in [9.17, 15) is 0 Å². The summed E-state index contributed by atoms with van der Waals surface area (Å²) in [6, 6.07) is 8.92. The molecule has 1 aromatic rings. The maximum absolute atomic E-state index is 3.59. The molecule has 0 spiro atoms. The minimum atomic E-state index is 0.727. The highest BCUT2D eigenvalue weighted by molar-refractivity contribution is 5.35. The Kier molecular flexibility index (Phi) is 4.00. The number of unbranched alkanes of at least 4 members (excludes halogenated alkanes) is 1. The first-order valence-electron chi connectivity index (χ1n) is 6.61. The van der Waals surface area contributed by atoms with Gasteiger partial charge in [0.15, 0.2) is 0 Å². The Morgan fingerprint density at radius 2 is 2.12 bits per heavy atom. The Balaban J connectivity index is 1.87. The van der Waals surface area contributed by atoms with Crippen LogP contribution in [-0.4, -0.2) is 13.1 Å². The minimum Gasteiger partial charge on any atom is -0.316 e. The van der Waals surface area contributed by atoms with E-state index in [4.69, 9.17) is 0 Å². The van der Waals surface area contributed by atoms with Gasteiger partial charge in [-0.25, -0.2) is 0 Å². The minimum absolute atomic E-state index is 0.727. The van der Waals surface area contributed by atoms with Gasteiger partial charge < -0.3 is 5.32 Å². The van der Waals surface area contributed by atoms with E-state index in [1.54, 1.807) is 11.1 Å². The Bertz CT molecular complexity index is 332. The van der Waals surface area contributed by atoms with Gasteiger partial charge in [-0.15, -0.1) is 0 Å². The number of benzene rings is 1. The molecule has 1 heteroatoms. The summed E-state index contributed by atoms with van der Waals surface area (Å²) in [5, 5.41) is 3.59. The maximum Gasteiger partial charge on any atom is -0.00116 e. The summed E-state index contributed by atoms with van der Waals surface area (Å²) in [6.07, 6.45) is 3.85. The van der Waals surface area contributed by atoms with E-state index in [2.05, 4.69) is 43.4 Å². The van der Waals surface area contributed by atoms with Crippen molar-refractivity contribution >= 4 is 0 Å². The summed E-state index contributed by atoms with van der Waals surface area (Å²) in [5.74, 6) is 1.53. The second-order valence-electron chi connectivity index (χ2n) is 5.01. The quantitative estimate of drug-likeness (QED) is 0.746. The van der Waals surface area contributed by atoms with Crippen LogP contribution < -0.4 is 5.32 Å². The maximum atomic E-state index is 3.59. The third-order valence-corrected chi connectivity index (χ3v) is 3.85. The normalized spacial score (nSPS) is 23.4. The van der Waals surface area contributed by atoms with Crippen molar-refractivity contribution in [3.63, 3.8) is 0 Å². The molecule has 0 amide bonds. The number of hydrogen-bond donors (Lipinski definition) is 1. The van der Waals surface area contributed by atoms with Crippen LogP contribution >= 0.6 is 0 Å². The first kappa shape index (κ1) is 11.7. The second kappa shape index (κ2) is 5.49. The van der Waals surface area contributed by atoms with Crippen LogP contribution in [0.15, 0.2) is 24.3 Å². The molecule has 0 radical (unpaired) electrons. The first-order chi connectivity index (χ1) is 7.83. The van der Waals surface area contributed by atoms with Gasteiger partial charge in [0, 0.05) is 0 Å². The number of fused-ring (bicyclic) bond motifs is 1. The van der Waals surface area contributed by atoms with Crippen LogP contribution in [0.4, 0.5) is 0 Å². The van der Waals surface area contributed by atoms with E-state index in [-0.39, 0.29) is 0 Å². The average molecular weight is 217 g/mol. The molecule has 2 atom stereocenters. The monoisotopic (exact) mass is 217 g/mol. The Morgan fingerprint density at radius 3 is 2.88 bits per heavy atom. The molecular weight excluding hydrogens is 194 g/mol. The van der Waals surface area contributed by atoms with Gasteiger partial charge in [-0.3, -0.25) is 0 Å². The first-order valence-corrected chi connectivity index (χ1v) is 6.61. The molecule has 2 rings (SSSR count). The van der Waals surface area contributed by atoms with Crippen molar-refractivity contribution in [2.45, 2.75) is 39.0 Å². The Labute approximate surface area is 99.3 Å². The highest BCUT2D eigenvalue weighted by Gasteiger charge is 2.27. The molecule has 1 nitrogen and oxygen atoms in total. The van der Waals surface area contributed by atoms with E-state index in [1.807, 2.05) is 0 Å². The lowest BCUT2D eigenvalue weighted by Crippen LogP contribution is -2.25. The SMILES string of the molecule is CCCCNC[C@@H]1Cc2ccccc2[C@H]1C. The molecule has 16 heavy (non-hydrogen) atoms. The van der Waals surface area contributed by atoms with E-state index in [1.165, 1.54) is 32.4 Å². The third-order valence-electron chi connectivity index (χ3n) is 3.85. The molecule has 0 saturated carbocycles. The van der Waals surface area contributed by atoms with Crippen LogP contribution in [0.5, 0.6) is 0 Å². The number of hydrogen-bond acceptors (Lipinski definition) is 1. The van der Waals surface area contributed by atoms with Crippen LogP contribution in [-0.2, 0) is 6.42 Å². The van der Waals surface area contributed by atoms with Crippen LogP contribution in [0.3, 0.4) is 0 Å². The second-order valence-corrected chi connectivity index (χ2v) is 5.01. The number of rotatable bonds is 5. The van der Waals surface area contributed by atoms with Gasteiger partial charge >= 0.3 is 0 Å². The van der Waals surface area contributed by atoms with Gasteiger partial charge in [-0.2, -0.15) is 0 Å². The summed E-state index contributed by atoms with van der Waals surface area (Å²) in [5.41, 5.74) is 3.14. The topological polar surface area (TPSA) is 12.0 Å². The fourth-order valence-electron chi connectivity index (χ4n) is 2.72. The van der Waals surface area contributed by atoms with E-state index in [0.29, 0.717) is 0 Å². The zero-order valence-corrected chi connectivity index (χ0v) is 10.5. The Hall–Kier alpha value is -0.820. The van der Waals surface area contributed by atoms with Crippen molar-refractivity contribution in [2.75, 3.05) is 13.1 Å². The molecule has 0 heterocycles. The van der Waals surface area contributed by atoms with Crippen molar-refractivity contribution in [1.29, 1.82) is 0 Å². The van der Waals surface area contributed by atoms with Gasteiger partial charge in [-0.1, -0.05) is 44.5 Å². The summed E-state index contributed by atoms with van der Waals surface area (Å²) < 4.78 is 0. The molecule has 1 aliphatic rings. The summed E-state index contributed by atoms with van der Waals surface area (Å²) in [4.78, 5) is 0. The predicted octanol–water partition coefficient (Wildman–Crippen LogP) is 3.35. The zero-order valence-electron chi connectivity index (χ0n) is 10.5. The smallest absolute Gasteiger partial charge is 0.00116 e. The van der Waals surface area contributed by atoms with Gasteiger partial charge in [0.2, 0.25) is 0 Å². The van der Waals surface area contributed by atoms with Gasteiger partial charge in [0.25, 0.3) is 0 Å². The molecule has 1 N–H and O–H groups in total. The molecule has 0 aromatic heterocycles. The zero-order chi connectivity index (χ0) is 11.4. The van der Waals surface area contributed by atoms with Crippen molar-refractivity contribution in [2.24, 2.45) is 5.92 Å². The molecule has 1 aromatic carbocycles. The lowest BCUT2D eigenvalue weighted by molar-refractivity contribution is 0.440. The third kappa shape index (κ3) is 2.46. The van der Waals surface area contributed by atoms with Crippen LogP contribution in [0.2, 0.25) is 0 Å². The van der Waals surface area contributed by atoms with Crippen LogP contribution in [0.25, 0.3) is 0 Å². The molecular formula is C15H23N. The van der Waals surface area contributed by atoms with Gasteiger partial charge in [0.1, 0.15) is 0 Å². The fourth-order valence-corrected chi connectivity index (χ4v) is 2.72. The Morgan fingerprint density at radius 1 is 1.31 bits per heavy atom. The highest BCUT2D eigenvalue weighted by atomic mass is 14.9. The van der Waals surface area contributed by atoms with E-state index in [0.717, 1.165) is 11.8 Å². The largest absolute Gasteiger partial charge is 0.316 e. The molecule has 88 valence electrons.